The first kappa shape index (κ1) is 32.2. The number of rotatable bonds is 15. The number of ether oxygens (including phenoxy) is 6. The topological polar surface area (TPSA) is 116 Å². The van der Waals surface area contributed by atoms with E-state index in [0.717, 1.165) is 44.9 Å². The Balaban J connectivity index is 1.75. The molecule has 0 aromatic heterocycles. The van der Waals surface area contributed by atoms with Crippen LogP contribution < -0.4 is 5.73 Å². The molecule has 10 heteroatoms. The van der Waals surface area contributed by atoms with Crippen molar-refractivity contribution in [3.8, 4) is 0 Å². The highest BCUT2D eigenvalue weighted by molar-refractivity contribution is 7.92. The molecule has 0 spiro atoms. The van der Waals surface area contributed by atoms with Gasteiger partial charge in [-0.05, 0) is 76.2 Å². The van der Waals surface area contributed by atoms with E-state index in [0.29, 0.717) is 38.5 Å². The molecule has 1 saturated heterocycles. The van der Waals surface area contributed by atoms with Crippen molar-refractivity contribution in [3.63, 3.8) is 0 Å². The minimum atomic E-state index is -3.34. The van der Waals surface area contributed by atoms with E-state index >= 15 is 0 Å². The maximum atomic E-state index is 13.5. The van der Waals surface area contributed by atoms with Gasteiger partial charge >= 0.3 is 0 Å². The van der Waals surface area contributed by atoms with Gasteiger partial charge in [-0.25, -0.2) is 8.42 Å². The standard InChI is InChI=1S/C28H53NO8S/c1-6-12-36-28-25(35-13-8-11-29)17-20(18-26(28)38(30,31)14-7-2)22-10-9-21(37-22)19-15-23(32-3)27(34-5)24(16-19)33-4/h19-28H,6-18,29H2,1-5H3/t19?,20?,21-,22-,23?,24?,25?,26?,27?,28?/m0/s1. The van der Waals surface area contributed by atoms with Crippen LogP contribution in [0.5, 0.6) is 0 Å². The Morgan fingerprint density at radius 2 is 1.37 bits per heavy atom. The average Bonchev–Trinajstić information content (AvgIpc) is 3.41. The van der Waals surface area contributed by atoms with Gasteiger partial charge < -0.3 is 34.2 Å². The molecule has 2 N–H and O–H groups in total. The van der Waals surface area contributed by atoms with Gasteiger partial charge in [0.1, 0.15) is 12.2 Å². The van der Waals surface area contributed by atoms with E-state index in [4.69, 9.17) is 34.2 Å². The first-order valence-corrected chi connectivity index (χ1v) is 16.4. The van der Waals surface area contributed by atoms with Crippen molar-refractivity contribution in [1.29, 1.82) is 0 Å². The van der Waals surface area contributed by atoms with Crippen LogP contribution >= 0.6 is 0 Å². The van der Waals surface area contributed by atoms with Crippen molar-refractivity contribution >= 4 is 9.84 Å². The molecular weight excluding hydrogens is 510 g/mol. The van der Waals surface area contributed by atoms with Crippen LogP contribution in [0.3, 0.4) is 0 Å². The van der Waals surface area contributed by atoms with E-state index in [2.05, 4.69) is 0 Å². The van der Waals surface area contributed by atoms with Gasteiger partial charge in [0.05, 0.1) is 41.5 Å². The summed E-state index contributed by atoms with van der Waals surface area (Å²) in [5.41, 5.74) is 5.71. The van der Waals surface area contributed by atoms with Crippen LogP contribution in [-0.4, -0.2) is 103 Å². The summed E-state index contributed by atoms with van der Waals surface area (Å²) < 4.78 is 63.4. The van der Waals surface area contributed by atoms with Crippen molar-refractivity contribution in [2.75, 3.05) is 46.8 Å². The monoisotopic (exact) mass is 563 g/mol. The SMILES string of the molecule is CCCOC1C(OCCCN)CC([C@@H]2CC[C@@H](C3CC(OC)C(OC)C(OC)C3)O2)CC1S(=O)(=O)CCC. The molecule has 9 nitrogen and oxygen atoms in total. The number of sulfone groups is 1. The third kappa shape index (κ3) is 7.90. The molecule has 3 fully saturated rings. The van der Waals surface area contributed by atoms with E-state index in [9.17, 15) is 8.42 Å². The summed E-state index contributed by atoms with van der Waals surface area (Å²) in [6, 6.07) is 0. The van der Waals surface area contributed by atoms with E-state index in [1.165, 1.54) is 0 Å². The highest BCUT2D eigenvalue weighted by atomic mass is 32.2. The minimum absolute atomic E-state index is 0.00852. The molecule has 1 aliphatic heterocycles. The second kappa shape index (κ2) is 15.6. The quantitative estimate of drug-likeness (QED) is 0.300. The van der Waals surface area contributed by atoms with Crippen molar-refractivity contribution in [3.05, 3.63) is 0 Å². The van der Waals surface area contributed by atoms with Crippen LogP contribution in [0.25, 0.3) is 0 Å². The third-order valence-corrected chi connectivity index (χ3v) is 11.1. The van der Waals surface area contributed by atoms with E-state index < -0.39 is 21.2 Å². The molecule has 0 radical (unpaired) electrons. The predicted molar refractivity (Wildman–Crippen MR) is 147 cm³/mol. The van der Waals surface area contributed by atoms with Gasteiger partial charge in [0.2, 0.25) is 0 Å². The smallest absolute Gasteiger partial charge is 0.155 e. The fourth-order valence-electron chi connectivity index (χ4n) is 6.89. The molecule has 38 heavy (non-hydrogen) atoms. The lowest BCUT2D eigenvalue weighted by atomic mass is 9.79. The molecule has 0 aromatic rings. The third-order valence-electron chi connectivity index (χ3n) is 8.77. The molecule has 0 aromatic carbocycles. The van der Waals surface area contributed by atoms with E-state index in [-0.39, 0.29) is 48.3 Å². The number of methoxy groups -OCH3 is 3. The fourth-order valence-corrected chi connectivity index (χ4v) is 8.97. The zero-order valence-corrected chi connectivity index (χ0v) is 25.0. The van der Waals surface area contributed by atoms with Crippen molar-refractivity contribution < 1.29 is 36.8 Å². The molecule has 2 aliphatic carbocycles. The highest BCUT2D eigenvalue weighted by Crippen LogP contribution is 2.43. The van der Waals surface area contributed by atoms with Gasteiger partial charge in [-0.15, -0.1) is 0 Å². The lowest BCUT2D eigenvalue weighted by Crippen LogP contribution is -2.53. The van der Waals surface area contributed by atoms with Crippen molar-refractivity contribution in [2.45, 2.75) is 120 Å². The lowest BCUT2D eigenvalue weighted by Gasteiger charge is -2.43. The first-order chi connectivity index (χ1) is 18.3. The Morgan fingerprint density at radius 1 is 0.763 bits per heavy atom. The largest absolute Gasteiger partial charge is 0.379 e. The van der Waals surface area contributed by atoms with Gasteiger partial charge in [0.15, 0.2) is 9.84 Å². The van der Waals surface area contributed by atoms with Crippen LogP contribution in [0.4, 0.5) is 0 Å². The lowest BCUT2D eigenvalue weighted by molar-refractivity contribution is -0.159. The molecule has 0 amide bonds. The molecular formula is C28H53NO8S. The second-order valence-corrected chi connectivity index (χ2v) is 13.6. The summed E-state index contributed by atoms with van der Waals surface area (Å²) in [6.07, 6.45) is 6.28. The molecule has 8 atom stereocenters. The number of nitrogens with two attached hydrogens (primary N) is 1. The Morgan fingerprint density at radius 3 is 1.89 bits per heavy atom. The maximum absolute atomic E-state index is 13.5. The summed E-state index contributed by atoms with van der Waals surface area (Å²) in [4.78, 5) is 0. The summed E-state index contributed by atoms with van der Waals surface area (Å²) in [7, 11) is 1.83. The Bertz CT molecular complexity index is 769. The molecule has 1 heterocycles. The Labute approximate surface area is 230 Å². The molecule has 224 valence electrons. The van der Waals surface area contributed by atoms with Gasteiger partial charge in [0, 0.05) is 34.5 Å². The van der Waals surface area contributed by atoms with Crippen LogP contribution in [0.1, 0.15) is 71.6 Å². The second-order valence-electron chi connectivity index (χ2n) is 11.3. The molecule has 3 aliphatic rings. The van der Waals surface area contributed by atoms with Gasteiger partial charge in [0.25, 0.3) is 0 Å². The van der Waals surface area contributed by atoms with Crippen LogP contribution in [0, 0.1) is 11.8 Å². The van der Waals surface area contributed by atoms with Crippen LogP contribution in [0.2, 0.25) is 0 Å². The fraction of sp³-hybridized carbons (Fsp3) is 1.00. The Hall–Kier alpha value is -0.330. The van der Waals surface area contributed by atoms with Gasteiger partial charge in [-0.2, -0.15) is 0 Å². The molecule has 0 bridgehead atoms. The number of hydrogen-bond donors (Lipinski definition) is 1. The van der Waals surface area contributed by atoms with E-state index in [1.807, 2.05) is 13.8 Å². The van der Waals surface area contributed by atoms with Crippen molar-refractivity contribution in [1.82, 2.24) is 0 Å². The van der Waals surface area contributed by atoms with Gasteiger partial charge in [-0.3, -0.25) is 0 Å². The van der Waals surface area contributed by atoms with Crippen molar-refractivity contribution in [2.24, 2.45) is 17.6 Å². The van der Waals surface area contributed by atoms with Gasteiger partial charge in [-0.1, -0.05) is 13.8 Å². The minimum Gasteiger partial charge on any atom is -0.379 e. The average molecular weight is 564 g/mol. The highest BCUT2D eigenvalue weighted by Gasteiger charge is 2.50. The summed E-state index contributed by atoms with van der Waals surface area (Å²) >= 11 is 0. The summed E-state index contributed by atoms with van der Waals surface area (Å²) in [5, 5.41) is -0.578. The zero-order chi connectivity index (χ0) is 27.7. The molecule has 6 unspecified atom stereocenters. The molecule has 2 saturated carbocycles. The number of hydrogen-bond acceptors (Lipinski definition) is 9. The Kier molecular flexibility index (Phi) is 13.2. The first-order valence-electron chi connectivity index (χ1n) is 14.7. The zero-order valence-electron chi connectivity index (χ0n) is 24.2. The normalized spacial score (nSPS) is 38.5. The predicted octanol–water partition coefficient (Wildman–Crippen LogP) is 3.12. The van der Waals surface area contributed by atoms with E-state index in [1.54, 1.807) is 21.3 Å². The summed E-state index contributed by atoms with van der Waals surface area (Å²) in [5.74, 6) is 0.578. The summed E-state index contributed by atoms with van der Waals surface area (Å²) in [6.45, 7) is 5.53. The van der Waals surface area contributed by atoms with Crippen LogP contribution in [0.15, 0.2) is 0 Å². The molecule has 3 rings (SSSR count). The van der Waals surface area contributed by atoms with Crippen LogP contribution in [-0.2, 0) is 38.3 Å². The maximum Gasteiger partial charge on any atom is 0.155 e.